The van der Waals surface area contributed by atoms with Crippen LogP contribution in [0.3, 0.4) is 0 Å². The predicted octanol–water partition coefficient (Wildman–Crippen LogP) is 1.67. The van der Waals surface area contributed by atoms with E-state index in [1.807, 2.05) is 68.6 Å². The minimum Gasteiger partial charge on any atom is -0.322 e. The summed E-state index contributed by atoms with van der Waals surface area (Å²) >= 11 is 0. The van der Waals surface area contributed by atoms with Crippen LogP contribution < -0.4 is 15.1 Å². The Morgan fingerprint density at radius 1 is 1.08 bits per heavy atom. The van der Waals surface area contributed by atoms with Crippen molar-refractivity contribution in [2.45, 2.75) is 6.92 Å². The molecule has 5 heteroatoms. The zero-order valence-corrected chi connectivity index (χ0v) is 15.4. The Bertz CT molecular complexity index is 742. The molecule has 0 radical (unpaired) electrons. The smallest absolute Gasteiger partial charge is 0.282 e. The number of hydrogen-bond acceptors (Lipinski definition) is 2. The van der Waals surface area contributed by atoms with Crippen LogP contribution in [0.15, 0.2) is 67.3 Å². The van der Waals surface area contributed by atoms with Gasteiger partial charge in [0.2, 0.25) is 0 Å². The number of para-hydroxylation sites is 1. The number of carbonyl (C=O) groups is 2. The summed E-state index contributed by atoms with van der Waals surface area (Å²) < 4.78 is 0. The molecular formula is C21H26N3O2+. The highest BCUT2D eigenvalue weighted by molar-refractivity contribution is 5.95. The molecule has 1 unspecified atom stereocenters. The number of nitrogens with zero attached hydrogens (tertiary/aromatic N) is 1. The highest BCUT2D eigenvalue weighted by atomic mass is 16.2. The van der Waals surface area contributed by atoms with Gasteiger partial charge in [-0.05, 0) is 31.2 Å². The SMILES string of the molecule is C=CCN(C(=O)C[NH+](C)CC(=O)Nc1ccc(C)cc1)c1ccccc1. The fourth-order valence-electron chi connectivity index (χ4n) is 2.62. The molecule has 0 spiro atoms. The van der Waals surface area contributed by atoms with Gasteiger partial charge < -0.3 is 15.1 Å². The van der Waals surface area contributed by atoms with Gasteiger partial charge in [-0.15, -0.1) is 6.58 Å². The van der Waals surface area contributed by atoms with E-state index in [0.717, 1.165) is 21.8 Å². The quantitative estimate of drug-likeness (QED) is 0.710. The Morgan fingerprint density at radius 2 is 1.73 bits per heavy atom. The molecule has 2 aromatic carbocycles. The fourth-order valence-corrected chi connectivity index (χ4v) is 2.62. The summed E-state index contributed by atoms with van der Waals surface area (Å²) in [5, 5.41) is 2.86. The van der Waals surface area contributed by atoms with Gasteiger partial charge in [0, 0.05) is 17.9 Å². The van der Waals surface area contributed by atoms with Gasteiger partial charge in [0.1, 0.15) is 0 Å². The van der Waals surface area contributed by atoms with E-state index in [1.165, 1.54) is 0 Å². The third-order valence-electron chi connectivity index (χ3n) is 3.93. The standard InChI is InChI=1S/C21H25N3O2/c1-4-14-24(19-8-6-5-7-9-19)21(26)16-23(3)15-20(25)22-18-12-10-17(2)11-13-18/h4-13H,1,14-16H2,2-3H3,(H,22,25)/p+1. The predicted molar refractivity (Wildman–Crippen MR) is 105 cm³/mol. The van der Waals surface area contributed by atoms with Crippen molar-refractivity contribution >= 4 is 23.2 Å². The van der Waals surface area contributed by atoms with Gasteiger partial charge >= 0.3 is 0 Å². The summed E-state index contributed by atoms with van der Waals surface area (Å²) in [6.07, 6.45) is 1.70. The molecule has 0 fully saturated rings. The number of likely N-dealkylation sites (N-methyl/N-ethyl adjacent to an activating group) is 1. The third-order valence-corrected chi connectivity index (χ3v) is 3.93. The van der Waals surface area contributed by atoms with Gasteiger partial charge in [0.25, 0.3) is 11.8 Å². The molecule has 136 valence electrons. The van der Waals surface area contributed by atoms with Crippen LogP contribution >= 0.6 is 0 Å². The molecule has 2 rings (SSSR count). The van der Waals surface area contributed by atoms with Crippen molar-refractivity contribution in [1.29, 1.82) is 0 Å². The first-order chi connectivity index (χ1) is 12.5. The lowest BCUT2D eigenvalue weighted by Crippen LogP contribution is -3.11. The van der Waals surface area contributed by atoms with E-state index in [2.05, 4.69) is 11.9 Å². The first kappa shape index (κ1) is 19.4. The monoisotopic (exact) mass is 352 g/mol. The fraction of sp³-hybridized carbons (Fsp3) is 0.238. The minimum absolute atomic E-state index is 0.0447. The van der Waals surface area contributed by atoms with Crippen LogP contribution in [0.25, 0.3) is 0 Å². The summed E-state index contributed by atoms with van der Waals surface area (Å²) in [6.45, 7) is 6.60. The van der Waals surface area contributed by atoms with E-state index in [9.17, 15) is 9.59 Å². The molecule has 26 heavy (non-hydrogen) atoms. The first-order valence-electron chi connectivity index (χ1n) is 8.63. The van der Waals surface area contributed by atoms with Gasteiger partial charge in [-0.1, -0.05) is 42.0 Å². The van der Waals surface area contributed by atoms with Gasteiger partial charge in [-0.3, -0.25) is 9.59 Å². The van der Waals surface area contributed by atoms with Crippen LogP contribution in [0.1, 0.15) is 5.56 Å². The summed E-state index contributed by atoms with van der Waals surface area (Å²) in [5.74, 6) is -0.161. The molecule has 2 aromatic rings. The van der Waals surface area contributed by atoms with Crippen molar-refractivity contribution in [3.63, 3.8) is 0 Å². The Hall–Kier alpha value is -2.92. The molecule has 2 amide bonds. The largest absolute Gasteiger partial charge is 0.322 e. The molecule has 1 atom stereocenters. The number of aryl methyl sites for hydroxylation is 1. The number of hydrogen-bond donors (Lipinski definition) is 2. The van der Waals surface area contributed by atoms with Crippen LogP contribution in [0.2, 0.25) is 0 Å². The second-order valence-corrected chi connectivity index (χ2v) is 6.35. The Kier molecular flexibility index (Phi) is 7.12. The molecule has 0 saturated heterocycles. The summed E-state index contributed by atoms with van der Waals surface area (Å²) in [4.78, 5) is 27.3. The molecule has 0 aromatic heterocycles. The Morgan fingerprint density at radius 3 is 2.35 bits per heavy atom. The zero-order valence-electron chi connectivity index (χ0n) is 15.4. The number of rotatable bonds is 8. The van der Waals surface area contributed by atoms with E-state index in [-0.39, 0.29) is 24.9 Å². The van der Waals surface area contributed by atoms with Crippen LogP contribution in [0, 0.1) is 6.92 Å². The van der Waals surface area contributed by atoms with E-state index in [1.54, 1.807) is 11.0 Å². The van der Waals surface area contributed by atoms with Gasteiger partial charge in [-0.2, -0.15) is 0 Å². The average Bonchev–Trinajstić information content (AvgIpc) is 2.62. The zero-order chi connectivity index (χ0) is 18.9. The molecule has 0 aliphatic heterocycles. The number of benzene rings is 2. The van der Waals surface area contributed by atoms with E-state index in [0.29, 0.717) is 6.54 Å². The van der Waals surface area contributed by atoms with Crippen LogP contribution in [0.5, 0.6) is 0 Å². The molecule has 5 nitrogen and oxygen atoms in total. The highest BCUT2D eigenvalue weighted by Crippen LogP contribution is 2.12. The van der Waals surface area contributed by atoms with Gasteiger partial charge in [0.05, 0.1) is 7.05 Å². The maximum Gasteiger partial charge on any atom is 0.282 e. The number of carbonyl (C=O) groups excluding carboxylic acids is 2. The second kappa shape index (κ2) is 9.53. The molecule has 0 aliphatic rings. The van der Waals surface area contributed by atoms with Crippen molar-refractivity contribution in [1.82, 2.24) is 0 Å². The van der Waals surface area contributed by atoms with Gasteiger partial charge in [-0.25, -0.2) is 0 Å². The lowest BCUT2D eigenvalue weighted by Gasteiger charge is -2.23. The van der Waals surface area contributed by atoms with Gasteiger partial charge in [0.15, 0.2) is 13.1 Å². The molecule has 0 heterocycles. The topological polar surface area (TPSA) is 53.9 Å². The Balaban J connectivity index is 1.91. The average molecular weight is 352 g/mol. The first-order valence-corrected chi connectivity index (χ1v) is 8.63. The minimum atomic E-state index is -0.117. The second-order valence-electron chi connectivity index (χ2n) is 6.35. The molecule has 2 N–H and O–H groups in total. The number of amides is 2. The van der Waals surface area contributed by atoms with E-state index in [4.69, 9.17) is 0 Å². The third kappa shape index (κ3) is 5.86. The van der Waals surface area contributed by atoms with Crippen molar-refractivity contribution in [2.75, 3.05) is 36.9 Å². The van der Waals surface area contributed by atoms with Crippen LogP contribution in [-0.4, -0.2) is 38.5 Å². The van der Waals surface area contributed by atoms with Crippen molar-refractivity contribution in [3.8, 4) is 0 Å². The van der Waals surface area contributed by atoms with Crippen molar-refractivity contribution in [2.24, 2.45) is 0 Å². The maximum atomic E-state index is 12.6. The van der Waals surface area contributed by atoms with E-state index < -0.39 is 0 Å². The normalized spacial score (nSPS) is 11.5. The maximum absolute atomic E-state index is 12.6. The molecule has 0 saturated carbocycles. The molecular weight excluding hydrogens is 326 g/mol. The lowest BCUT2D eigenvalue weighted by molar-refractivity contribution is -0.862. The number of anilines is 2. The van der Waals surface area contributed by atoms with Crippen LogP contribution in [-0.2, 0) is 9.59 Å². The molecule has 0 bridgehead atoms. The number of nitrogens with one attached hydrogen (secondary N) is 2. The van der Waals surface area contributed by atoms with Crippen molar-refractivity contribution < 1.29 is 14.5 Å². The lowest BCUT2D eigenvalue weighted by atomic mass is 10.2. The summed E-state index contributed by atoms with van der Waals surface area (Å²) in [5.41, 5.74) is 2.73. The van der Waals surface area contributed by atoms with E-state index >= 15 is 0 Å². The summed E-state index contributed by atoms with van der Waals surface area (Å²) in [6, 6.07) is 17.1. The Labute approximate surface area is 154 Å². The number of quaternary nitrogens is 1. The highest BCUT2D eigenvalue weighted by Gasteiger charge is 2.20. The van der Waals surface area contributed by atoms with Crippen LogP contribution in [0.4, 0.5) is 11.4 Å². The molecule has 0 aliphatic carbocycles. The summed E-state index contributed by atoms with van der Waals surface area (Å²) in [7, 11) is 1.84. The van der Waals surface area contributed by atoms with Crippen molar-refractivity contribution in [3.05, 3.63) is 72.8 Å².